The van der Waals surface area contributed by atoms with Crippen molar-refractivity contribution in [1.29, 1.82) is 0 Å². The van der Waals surface area contributed by atoms with Crippen molar-refractivity contribution < 1.29 is 14.5 Å². The highest BCUT2D eigenvalue weighted by atomic mass is 16.6. The van der Waals surface area contributed by atoms with E-state index in [9.17, 15) is 14.9 Å². The molecular weight excluding hydrogens is 288 g/mol. The number of nitro groups is 1. The van der Waals surface area contributed by atoms with Crippen molar-refractivity contribution in [1.82, 2.24) is 9.78 Å². The topological polar surface area (TPSA) is 90.5 Å². The van der Waals surface area contributed by atoms with Crippen LogP contribution in [0.15, 0.2) is 0 Å². The lowest BCUT2D eigenvalue weighted by molar-refractivity contribution is -0.384. The predicted octanol–water partition coefficient (Wildman–Crippen LogP) is 1.42. The Kier molecular flexibility index (Phi) is 3.34. The van der Waals surface area contributed by atoms with Crippen LogP contribution in [-0.4, -0.2) is 40.9 Å². The number of fused-ring (bicyclic) bond motifs is 1. The fraction of sp³-hybridized carbons (Fsp3) is 0.714. The van der Waals surface area contributed by atoms with Crippen LogP contribution in [-0.2, 0) is 16.6 Å². The molecule has 1 aromatic heterocycles. The zero-order valence-electron chi connectivity index (χ0n) is 13.0. The number of carbonyl (C=O) groups is 1. The first-order chi connectivity index (χ1) is 10.4. The number of rotatable bonds is 3. The van der Waals surface area contributed by atoms with Gasteiger partial charge in [-0.1, -0.05) is 6.42 Å². The van der Waals surface area contributed by atoms with Crippen LogP contribution in [0.4, 0.5) is 11.5 Å². The molecule has 0 spiro atoms. The molecule has 0 N–H and O–H groups in total. The minimum atomic E-state index is -0.527. The van der Waals surface area contributed by atoms with Crippen LogP contribution in [0.2, 0.25) is 0 Å². The van der Waals surface area contributed by atoms with Gasteiger partial charge in [-0.3, -0.25) is 14.9 Å². The van der Waals surface area contributed by atoms with Gasteiger partial charge < -0.3 is 9.64 Å². The maximum Gasteiger partial charge on any atom is 0.333 e. The molecule has 1 saturated carbocycles. The zero-order chi connectivity index (χ0) is 16.1. The number of aryl methyl sites for hydroxylation is 2. The molecule has 8 heteroatoms. The minimum absolute atomic E-state index is 0.0301. The van der Waals surface area contributed by atoms with E-state index >= 15 is 0 Å². The number of aromatic nitrogens is 2. The third-order valence-electron chi connectivity index (χ3n) is 5.11. The van der Waals surface area contributed by atoms with Gasteiger partial charge in [-0.25, -0.2) is 4.68 Å². The molecular formula is C14H20N4O4. The van der Waals surface area contributed by atoms with E-state index < -0.39 is 10.3 Å². The fourth-order valence-electron chi connectivity index (χ4n) is 4.19. The summed E-state index contributed by atoms with van der Waals surface area (Å²) in [6.45, 7) is 2.73. The summed E-state index contributed by atoms with van der Waals surface area (Å²) in [5, 5.41) is 15.5. The second-order valence-electron chi connectivity index (χ2n) is 6.26. The van der Waals surface area contributed by atoms with Gasteiger partial charge in [0.1, 0.15) is 5.69 Å². The monoisotopic (exact) mass is 308 g/mol. The lowest BCUT2D eigenvalue weighted by Crippen LogP contribution is -2.37. The molecule has 0 bridgehead atoms. The SMILES string of the molecule is COC(=O)C12CCCC1CN(c1c([N+](=O)[O-])c(C)nn1C)C2. The van der Waals surface area contributed by atoms with Gasteiger partial charge in [-0.2, -0.15) is 5.10 Å². The smallest absolute Gasteiger partial charge is 0.333 e. The van der Waals surface area contributed by atoms with Gasteiger partial charge in [0.2, 0.25) is 5.82 Å². The van der Waals surface area contributed by atoms with E-state index in [1.807, 2.05) is 4.90 Å². The Morgan fingerprint density at radius 1 is 1.55 bits per heavy atom. The number of hydrogen-bond acceptors (Lipinski definition) is 6. The van der Waals surface area contributed by atoms with Gasteiger partial charge in [0.05, 0.1) is 17.4 Å². The van der Waals surface area contributed by atoms with Gasteiger partial charge in [-0.05, 0) is 25.7 Å². The second kappa shape index (κ2) is 4.96. The number of carbonyl (C=O) groups excluding carboxylic acids is 1. The molecule has 2 heterocycles. The summed E-state index contributed by atoms with van der Waals surface area (Å²) >= 11 is 0. The molecule has 2 atom stereocenters. The molecule has 2 fully saturated rings. The number of ether oxygens (including phenoxy) is 1. The molecule has 3 rings (SSSR count). The van der Waals surface area contributed by atoms with Crippen molar-refractivity contribution in [3.8, 4) is 0 Å². The summed E-state index contributed by atoms with van der Waals surface area (Å²) in [5.74, 6) is 0.481. The third-order valence-corrected chi connectivity index (χ3v) is 5.11. The fourth-order valence-corrected chi connectivity index (χ4v) is 4.19. The van der Waals surface area contributed by atoms with Crippen LogP contribution >= 0.6 is 0 Å². The minimum Gasteiger partial charge on any atom is -0.469 e. The maximum absolute atomic E-state index is 12.3. The average molecular weight is 308 g/mol. The van der Waals surface area contributed by atoms with E-state index in [1.54, 1.807) is 18.7 Å². The summed E-state index contributed by atoms with van der Waals surface area (Å²) < 4.78 is 6.56. The first-order valence-corrected chi connectivity index (χ1v) is 7.42. The Morgan fingerprint density at radius 2 is 2.27 bits per heavy atom. The van der Waals surface area contributed by atoms with Crippen LogP contribution in [0.5, 0.6) is 0 Å². The van der Waals surface area contributed by atoms with E-state index in [4.69, 9.17) is 4.74 Å². The van der Waals surface area contributed by atoms with E-state index in [0.29, 0.717) is 24.6 Å². The largest absolute Gasteiger partial charge is 0.469 e. The normalized spacial score (nSPS) is 27.0. The second-order valence-corrected chi connectivity index (χ2v) is 6.26. The molecule has 22 heavy (non-hydrogen) atoms. The van der Waals surface area contributed by atoms with Gasteiger partial charge in [0.15, 0.2) is 0 Å². The van der Waals surface area contributed by atoms with Crippen LogP contribution in [0.1, 0.15) is 25.0 Å². The van der Waals surface area contributed by atoms with Crippen LogP contribution in [0.3, 0.4) is 0 Å². The lowest BCUT2D eigenvalue weighted by atomic mass is 9.81. The first-order valence-electron chi connectivity index (χ1n) is 7.42. The summed E-state index contributed by atoms with van der Waals surface area (Å²) in [4.78, 5) is 25.2. The van der Waals surface area contributed by atoms with Gasteiger partial charge >= 0.3 is 11.7 Å². The number of hydrogen-bond donors (Lipinski definition) is 0. The first kappa shape index (κ1) is 14.8. The molecule has 0 amide bonds. The number of esters is 1. The van der Waals surface area contributed by atoms with Crippen molar-refractivity contribution in [2.24, 2.45) is 18.4 Å². The van der Waals surface area contributed by atoms with Crippen molar-refractivity contribution in [3.05, 3.63) is 15.8 Å². The van der Waals surface area contributed by atoms with Crippen molar-refractivity contribution in [2.75, 3.05) is 25.1 Å². The summed E-state index contributed by atoms with van der Waals surface area (Å²) in [5.41, 5.74) is -0.102. The quantitative estimate of drug-likeness (QED) is 0.476. The van der Waals surface area contributed by atoms with E-state index in [2.05, 4.69) is 5.10 Å². The molecule has 2 aliphatic rings. The average Bonchev–Trinajstić information content (AvgIpc) is 3.07. The molecule has 1 aromatic rings. The Hall–Kier alpha value is -2.12. The third kappa shape index (κ3) is 1.89. The molecule has 1 aliphatic carbocycles. The van der Waals surface area contributed by atoms with Gasteiger partial charge in [-0.15, -0.1) is 0 Å². The van der Waals surface area contributed by atoms with Gasteiger partial charge in [0, 0.05) is 20.1 Å². The Balaban J connectivity index is 2.00. The highest BCUT2D eigenvalue weighted by molar-refractivity contribution is 5.80. The molecule has 0 aromatic carbocycles. The summed E-state index contributed by atoms with van der Waals surface area (Å²) in [6, 6.07) is 0. The molecule has 0 radical (unpaired) electrons. The highest BCUT2D eigenvalue weighted by Gasteiger charge is 2.56. The van der Waals surface area contributed by atoms with Crippen LogP contribution < -0.4 is 4.90 Å². The van der Waals surface area contributed by atoms with E-state index in [0.717, 1.165) is 19.3 Å². The Bertz CT molecular complexity index is 641. The van der Waals surface area contributed by atoms with Gasteiger partial charge in [0.25, 0.3) is 0 Å². The number of methoxy groups -OCH3 is 1. The van der Waals surface area contributed by atoms with Crippen LogP contribution in [0.25, 0.3) is 0 Å². The lowest BCUT2D eigenvalue weighted by Gasteiger charge is -2.25. The molecule has 120 valence electrons. The predicted molar refractivity (Wildman–Crippen MR) is 78.6 cm³/mol. The Morgan fingerprint density at radius 3 is 2.91 bits per heavy atom. The standard InChI is InChI=1S/C14H20N4O4/c1-9-11(18(20)21)12(16(2)15-9)17-7-10-5-4-6-14(10,8-17)13(19)22-3/h10H,4-8H2,1-3H3. The zero-order valence-corrected chi connectivity index (χ0v) is 13.0. The van der Waals surface area contributed by atoms with Crippen molar-refractivity contribution >= 4 is 17.5 Å². The summed E-state index contributed by atoms with van der Waals surface area (Å²) in [6.07, 6.45) is 2.74. The maximum atomic E-state index is 12.3. The highest BCUT2D eigenvalue weighted by Crippen LogP contribution is 2.51. The van der Waals surface area contributed by atoms with Crippen molar-refractivity contribution in [3.63, 3.8) is 0 Å². The molecule has 1 saturated heterocycles. The number of anilines is 1. The van der Waals surface area contributed by atoms with E-state index in [-0.39, 0.29) is 17.6 Å². The van der Waals surface area contributed by atoms with Crippen molar-refractivity contribution in [2.45, 2.75) is 26.2 Å². The molecule has 8 nitrogen and oxygen atoms in total. The summed E-state index contributed by atoms with van der Waals surface area (Å²) in [7, 11) is 3.11. The van der Waals surface area contributed by atoms with Crippen LogP contribution in [0, 0.1) is 28.4 Å². The molecule has 1 aliphatic heterocycles. The van der Waals surface area contributed by atoms with E-state index in [1.165, 1.54) is 7.11 Å². The molecule has 2 unspecified atom stereocenters. The Labute approximate surface area is 128 Å². The number of nitrogens with zero attached hydrogens (tertiary/aromatic N) is 4.